The van der Waals surface area contributed by atoms with Crippen LogP contribution in [-0.4, -0.2) is 32.0 Å². The van der Waals surface area contributed by atoms with Crippen molar-refractivity contribution in [1.82, 2.24) is 10.6 Å². The van der Waals surface area contributed by atoms with Crippen LogP contribution in [0.15, 0.2) is 30.3 Å². The number of benzene rings is 1. The van der Waals surface area contributed by atoms with Crippen molar-refractivity contribution in [2.75, 3.05) is 25.5 Å². The Bertz CT molecular complexity index is 435. The molecule has 20 heavy (non-hydrogen) atoms. The summed E-state index contributed by atoms with van der Waals surface area (Å²) in [5, 5.41) is 8.34. The van der Waals surface area contributed by atoms with E-state index in [0.717, 1.165) is 5.69 Å². The molecular weight excluding hydrogens is 278 g/mol. The van der Waals surface area contributed by atoms with Crippen molar-refractivity contribution < 1.29 is 9.59 Å². The molecule has 2 amide bonds. The van der Waals surface area contributed by atoms with Crippen molar-refractivity contribution in [2.45, 2.75) is 13.8 Å². The number of halogens is 1. The first-order valence-corrected chi connectivity index (χ1v) is 6.23. The first-order chi connectivity index (χ1) is 8.95. The Morgan fingerprint density at radius 2 is 1.75 bits per heavy atom. The fraction of sp³-hybridized carbons (Fsp3) is 0.429. The molecule has 0 bridgehead atoms. The van der Waals surface area contributed by atoms with Gasteiger partial charge in [-0.15, -0.1) is 12.4 Å². The molecule has 0 spiro atoms. The number of carbonyl (C=O) groups excluding carboxylic acids is 2. The molecule has 6 heteroatoms. The van der Waals surface area contributed by atoms with Crippen LogP contribution in [0.2, 0.25) is 0 Å². The Hall–Kier alpha value is -1.75. The molecule has 0 aromatic heterocycles. The average Bonchev–Trinajstić information content (AvgIpc) is 2.43. The van der Waals surface area contributed by atoms with Crippen LogP contribution in [0.3, 0.4) is 0 Å². The van der Waals surface area contributed by atoms with Gasteiger partial charge < -0.3 is 16.0 Å². The van der Waals surface area contributed by atoms with Crippen molar-refractivity contribution in [3.05, 3.63) is 30.3 Å². The summed E-state index contributed by atoms with van der Waals surface area (Å²) in [5.41, 5.74) is 0.278. The van der Waals surface area contributed by atoms with Crippen LogP contribution >= 0.6 is 12.4 Å². The minimum absolute atomic E-state index is 0. The van der Waals surface area contributed by atoms with Crippen molar-refractivity contribution in [3.63, 3.8) is 0 Å². The minimum Gasteiger partial charge on any atom is -0.376 e. The van der Waals surface area contributed by atoms with Gasteiger partial charge in [-0.3, -0.25) is 9.59 Å². The zero-order valence-corrected chi connectivity index (χ0v) is 12.8. The van der Waals surface area contributed by atoms with E-state index >= 15 is 0 Å². The Balaban J connectivity index is 0.00000361. The van der Waals surface area contributed by atoms with Crippen LogP contribution in [0.25, 0.3) is 0 Å². The number of anilines is 1. The van der Waals surface area contributed by atoms with Crippen LogP contribution in [0.5, 0.6) is 0 Å². The monoisotopic (exact) mass is 299 g/mol. The van der Waals surface area contributed by atoms with Gasteiger partial charge in [0.1, 0.15) is 0 Å². The summed E-state index contributed by atoms with van der Waals surface area (Å²) in [4.78, 5) is 23.2. The second-order valence-corrected chi connectivity index (χ2v) is 4.96. The summed E-state index contributed by atoms with van der Waals surface area (Å²) < 4.78 is 0. The van der Waals surface area contributed by atoms with Crippen LogP contribution in [0, 0.1) is 5.41 Å². The standard InChI is InChI=1S/C14H21N3O2.ClH/c1-14(2,13(19)15-3)10-17-12(18)9-16-11-7-5-4-6-8-11;/h4-8,16H,9-10H2,1-3H3,(H,15,19)(H,17,18);1H. The maximum atomic E-state index is 11.7. The van der Waals surface area contributed by atoms with E-state index in [1.807, 2.05) is 30.3 Å². The molecule has 0 unspecified atom stereocenters. The molecule has 5 nitrogen and oxygen atoms in total. The molecule has 1 aromatic carbocycles. The van der Waals surface area contributed by atoms with Crippen LogP contribution in [0.1, 0.15) is 13.8 Å². The number of rotatable bonds is 6. The van der Waals surface area contributed by atoms with Gasteiger partial charge >= 0.3 is 0 Å². The fourth-order valence-electron chi connectivity index (χ4n) is 1.54. The first kappa shape index (κ1) is 18.2. The predicted octanol–water partition coefficient (Wildman–Crippen LogP) is 1.41. The van der Waals surface area contributed by atoms with Gasteiger partial charge in [0.15, 0.2) is 0 Å². The zero-order chi connectivity index (χ0) is 14.3. The van der Waals surface area contributed by atoms with E-state index in [-0.39, 0.29) is 30.8 Å². The Morgan fingerprint density at radius 3 is 2.30 bits per heavy atom. The van der Waals surface area contributed by atoms with Crippen LogP contribution in [-0.2, 0) is 9.59 Å². The van der Waals surface area contributed by atoms with Gasteiger partial charge in [0.25, 0.3) is 0 Å². The van der Waals surface area contributed by atoms with Crippen LogP contribution in [0.4, 0.5) is 5.69 Å². The third-order valence-electron chi connectivity index (χ3n) is 2.80. The summed E-state index contributed by atoms with van der Waals surface area (Å²) in [6.07, 6.45) is 0. The molecule has 0 aliphatic heterocycles. The highest BCUT2D eigenvalue weighted by molar-refractivity contribution is 5.85. The smallest absolute Gasteiger partial charge is 0.239 e. The third-order valence-corrected chi connectivity index (χ3v) is 2.80. The Kier molecular flexibility index (Phi) is 7.69. The van der Waals surface area contributed by atoms with E-state index in [9.17, 15) is 9.59 Å². The Morgan fingerprint density at radius 1 is 1.15 bits per heavy atom. The SMILES string of the molecule is CNC(=O)C(C)(C)CNC(=O)CNc1ccccc1.Cl. The normalized spacial score (nSPS) is 10.2. The van der Waals surface area contributed by atoms with E-state index in [4.69, 9.17) is 0 Å². The highest BCUT2D eigenvalue weighted by Gasteiger charge is 2.26. The molecule has 3 N–H and O–H groups in total. The number of hydrogen-bond acceptors (Lipinski definition) is 3. The molecule has 0 atom stereocenters. The number of nitrogens with one attached hydrogen (secondary N) is 3. The quantitative estimate of drug-likeness (QED) is 0.744. The molecule has 0 radical (unpaired) electrons. The van der Waals surface area contributed by atoms with Crippen molar-refractivity contribution in [2.24, 2.45) is 5.41 Å². The van der Waals surface area contributed by atoms with Gasteiger partial charge in [-0.2, -0.15) is 0 Å². The second kappa shape index (κ2) is 8.43. The molecular formula is C14H22ClN3O2. The molecule has 112 valence electrons. The largest absolute Gasteiger partial charge is 0.376 e. The molecule has 0 fully saturated rings. The number of carbonyl (C=O) groups is 2. The van der Waals surface area contributed by atoms with Gasteiger partial charge in [-0.1, -0.05) is 18.2 Å². The predicted molar refractivity (Wildman–Crippen MR) is 83.0 cm³/mol. The van der Waals surface area contributed by atoms with Crippen molar-refractivity contribution >= 4 is 29.9 Å². The lowest BCUT2D eigenvalue weighted by Gasteiger charge is -2.22. The van der Waals surface area contributed by atoms with E-state index in [2.05, 4.69) is 16.0 Å². The molecule has 0 saturated heterocycles. The summed E-state index contributed by atoms with van der Waals surface area (Å²) in [7, 11) is 1.59. The topological polar surface area (TPSA) is 70.2 Å². The van der Waals surface area contributed by atoms with Gasteiger partial charge in [-0.05, 0) is 26.0 Å². The lowest BCUT2D eigenvalue weighted by atomic mass is 9.92. The summed E-state index contributed by atoms with van der Waals surface area (Å²) in [6.45, 7) is 4.07. The molecule has 1 rings (SSSR count). The number of amides is 2. The van der Waals surface area contributed by atoms with Gasteiger partial charge in [0, 0.05) is 19.3 Å². The minimum atomic E-state index is -0.614. The second-order valence-electron chi connectivity index (χ2n) is 4.96. The maximum Gasteiger partial charge on any atom is 0.239 e. The van der Waals surface area contributed by atoms with E-state index in [1.54, 1.807) is 20.9 Å². The molecule has 0 aliphatic carbocycles. The average molecular weight is 300 g/mol. The van der Waals surface area contributed by atoms with Crippen molar-refractivity contribution in [3.8, 4) is 0 Å². The van der Waals surface area contributed by atoms with Gasteiger partial charge in [0.05, 0.1) is 12.0 Å². The van der Waals surface area contributed by atoms with E-state index in [1.165, 1.54) is 0 Å². The molecule has 0 heterocycles. The summed E-state index contributed by atoms with van der Waals surface area (Å²) in [6, 6.07) is 9.49. The van der Waals surface area contributed by atoms with Crippen molar-refractivity contribution in [1.29, 1.82) is 0 Å². The number of hydrogen-bond donors (Lipinski definition) is 3. The third kappa shape index (κ3) is 5.93. The fourth-order valence-corrected chi connectivity index (χ4v) is 1.54. The highest BCUT2D eigenvalue weighted by atomic mass is 35.5. The first-order valence-electron chi connectivity index (χ1n) is 6.23. The molecule has 1 aromatic rings. The lowest BCUT2D eigenvalue weighted by Crippen LogP contribution is -2.44. The van der Waals surface area contributed by atoms with E-state index < -0.39 is 5.41 Å². The van der Waals surface area contributed by atoms with Crippen LogP contribution < -0.4 is 16.0 Å². The molecule has 0 aliphatic rings. The summed E-state index contributed by atoms with van der Waals surface area (Å²) in [5.74, 6) is -0.232. The summed E-state index contributed by atoms with van der Waals surface area (Å²) >= 11 is 0. The molecule has 0 saturated carbocycles. The van der Waals surface area contributed by atoms with E-state index in [0.29, 0.717) is 6.54 Å². The number of para-hydroxylation sites is 1. The van der Waals surface area contributed by atoms with Gasteiger partial charge in [-0.25, -0.2) is 0 Å². The highest BCUT2D eigenvalue weighted by Crippen LogP contribution is 2.12. The van der Waals surface area contributed by atoms with Gasteiger partial charge in [0.2, 0.25) is 11.8 Å². The lowest BCUT2D eigenvalue weighted by molar-refractivity contribution is -0.129. The maximum absolute atomic E-state index is 11.7. The zero-order valence-electron chi connectivity index (χ0n) is 12.0. The Labute approximate surface area is 125 Å².